The highest BCUT2D eigenvalue weighted by Gasteiger charge is 2.56. The summed E-state index contributed by atoms with van der Waals surface area (Å²) in [6.07, 6.45) is 2.78. The molecular weight excluding hydrogens is 430 g/mol. The first kappa shape index (κ1) is 20.9. The average Bonchev–Trinajstić information content (AvgIpc) is 3.24. The van der Waals surface area contributed by atoms with Crippen LogP contribution in [0, 0.1) is 29.6 Å². The maximum Gasteiger partial charge on any atom is 0.276 e. The van der Waals surface area contributed by atoms with Gasteiger partial charge in [0, 0.05) is 48.6 Å². The van der Waals surface area contributed by atoms with Gasteiger partial charge in [0.05, 0.1) is 6.54 Å². The molecule has 166 valence electrons. The van der Waals surface area contributed by atoms with E-state index in [2.05, 4.69) is 22.0 Å². The molecule has 3 N–H and O–H groups in total. The molecule has 1 aromatic carbocycles. The van der Waals surface area contributed by atoms with Gasteiger partial charge in [-0.05, 0) is 43.0 Å². The normalized spacial score (nSPS) is 23.4. The maximum atomic E-state index is 11.4. The molecule has 0 unspecified atom stereocenters. The summed E-state index contributed by atoms with van der Waals surface area (Å²) in [6, 6.07) is 9.60. The molecule has 1 aliphatic heterocycles. The summed E-state index contributed by atoms with van der Waals surface area (Å²) in [5.74, 6) is 8.51. The molecule has 4 atom stereocenters. The SMILES string of the molecule is C[C@H](O)c1nccn1Cc1cc(-c2ccc(C#C[C@@H]3[C@H]4CN(S(N)(=O)=O)C[C@@H]34)cc2)on1. The number of aromatic nitrogens is 3. The Balaban J connectivity index is 1.22. The van der Waals surface area contributed by atoms with Crippen LogP contribution in [-0.4, -0.2) is 45.6 Å². The molecule has 2 fully saturated rings. The standard InChI is InChI=1S/C22H23N5O4S/c1-14(28)22-24-8-9-26(22)11-17-10-21(31-25-17)16-5-2-15(3-6-16)4-7-18-19-12-27(13-20(18)19)32(23,29)30/h2-3,5-6,8-10,14,18-20,28H,11-13H2,1H3,(H2,23,29,30)/t14-,18-,19-,20+/m0/s1. The number of rotatable bonds is 5. The fourth-order valence-corrected chi connectivity index (χ4v) is 5.07. The lowest BCUT2D eigenvalue weighted by Crippen LogP contribution is -2.36. The Morgan fingerprint density at radius 1 is 1.28 bits per heavy atom. The van der Waals surface area contributed by atoms with Crippen LogP contribution in [0.15, 0.2) is 47.2 Å². The number of benzene rings is 1. The van der Waals surface area contributed by atoms with Crippen molar-refractivity contribution >= 4 is 10.2 Å². The predicted molar refractivity (Wildman–Crippen MR) is 116 cm³/mol. The van der Waals surface area contributed by atoms with Crippen LogP contribution in [-0.2, 0) is 16.8 Å². The molecule has 9 nitrogen and oxygen atoms in total. The van der Waals surface area contributed by atoms with Gasteiger partial charge >= 0.3 is 0 Å². The third kappa shape index (κ3) is 4.08. The Kier molecular flexibility index (Phi) is 5.14. The number of hydrogen-bond donors (Lipinski definition) is 2. The summed E-state index contributed by atoms with van der Waals surface area (Å²) in [7, 11) is -3.59. The molecule has 1 aliphatic carbocycles. The largest absolute Gasteiger partial charge is 0.385 e. The van der Waals surface area contributed by atoms with Crippen molar-refractivity contribution in [2.75, 3.05) is 13.1 Å². The summed E-state index contributed by atoms with van der Waals surface area (Å²) in [6.45, 7) is 3.06. The molecule has 1 saturated heterocycles. The van der Waals surface area contributed by atoms with E-state index in [9.17, 15) is 13.5 Å². The van der Waals surface area contributed by atoms with Crippen LogP contribution in [0.4, 0.5) is 0 Å². The molecule has 32 heavy (non-hydrogen) atoms. The van der Waals surface area contributed by atoms with Gasteiger partial charge in [0.15, 0.2) is 5.76 Å². The van der Waals surface area contributed by atoms with Gasteiger partial charge in [-0.2, -0.15) is 12.7 Å². The van der Waals surface area contributed by atoms with Crippen LogP contribution in [0.2, 0.25) is 0 Å². The zero-order valence-electron chi connectivity index (χ0n) is 17.4. The number of nitrogens with zero attached hydrogens (tertiary/aromatic N) is 4. The van der Waals surface area contributed by atoms with Gasteiger partial charge in [0.1, 0.15) is 17.6 Å². The van der Waals surface area contributed by atoms with E-state index in [1.807, 2.05) is 34.9 Å². The van der Waals surface area contributed by atoms with Crippen LogP contribution in [0.3, 0.4) is 0 Å². The van der Waals surface area contributed by atoms with Gasteiger partial charge in [-0.3, -0.25) is 0 Å². The average molecular weight is 454 g/mol. The lowest BCUT2D eigenvalue weighted by Gasteiger charge is -2.14. The van der Waals surface area contributed by atoms with E-state index in [1.165, 1.54) is 4.31 Å². The molecule has 1 saturated carbocycles. The number of imidazole rings is 1. The summed E-state index contributed by atoms with van der Waals surface area (Å²) in [5.41, 5.74) is 2.52. The topological polar surface area (TPSA) is 127 Å². The summed E-state index contributed by atoms with van der Waals surface area (Å²) < 4.78 is 31.5. The number of fused-ring (bicyclic) bond motifs is 1. The molecule has 0 bridgehead atoms. The molecule has 0 radical (unpaired) electrons. The minimum Gasteiger partial charge on any atom is -0.385 e. The minimum atomic E-state index is -3.59. The van der Waals surface area contributed by atoms with Crippen molar-refractivity contribution in [3.8, 4) is 23.2 Å². The third-order valence-electron chi connectivity index (χ3n) is 6.09. The molecule has 10 heteroatoms. The summed E-state index contributed by atoms with van der Waals surface area (Å²) in [4.78, 5) is 4.16. The summed E-state index contributed by atoms with van der Waals surface area (Å²) in [5, 5.41) is 19.1. The van der Waals surface area contributed by atoms with Gasteiger partial charge in [-0.15, -0.1) is 0 Å². The molecule has 0 amide bonds. The fraction of sp³-hybridized carbons (Fsp3) is 0.364. The van der Waals surface area contributed by atoms with Crippen molar-refractivity contribution < 1.29 is 18.0 Å². The monoisotopic (exact) mass is 453 g/mol. The van der Waals surface area contributed by atoms with Crippen molar-refractivity contribution in [2.24, 2.45) is 22.9 Å². The Morgan fingerprint density at radius 3 is 2.66 bits per heavy atom. The number of aliphatic hydroxyl groups excluding tert-OH is 1. The number of aliphatic hydroxyl groups is 1. The van der Waals surface area contributed by atoms with E-state index in [1.54, 1.807) is 19.3 Å². The predicted octanol–water partition coefficient (Wildman–Crippen LogP) is 1.37. The Hall–Kier alpha value is -2.97. The fourth-order valence-electron chi connectivity index (χ4n) is 4.31. The molecule has 0 spiro atoms. The minimum absolute atomic E-state index is 0.235. The van der Waals surface area contributed by atoms with E-state index in [-0.39, 0.29) is 17.8 Å². The van der Waals surface area contributed by atoms with E-state index in [0.717, 1.165) is 16.8 Å². The van der Waals surface area contributed by atoms with Gasteiger partial charge in [-0.25, -0.2) is 10.1 Å². The second-order valence-electron chi connectivity index (χ2n) is 8.33. The van der Waals surface area contributed by atoms with E-state index >= 15 is 0 Å². The van der Waals surface area contributed by atoms with Crippen LogP contribution < -0.4 is 5.14 Å². The van der Waals surface area contributed by atoms with Gasteiger partial charge in [0.2, 0.25) is 0 Å². The molecule has 2 aromatic heterocycles. The third-order valence-corrected chi connectivity index (χ3v) is 7.10. The highest BCUT2D eigenvalue weighted by molar-refractivity contribution is 7.86. The van der Waals surface area contributed by atoms with Crippen molar-refractivity contribution in [2.45, 2.75) is 19.6 Å². The van der Waals surface area contributed by atoms with E-state index < -0.39 is 16.3 Å². The van der Waals surface area contributed by atoms with Crippen LogP contribution in [0.25, 0.3) is 11.3 Å². The maximum absolute atomic E-state index is 11.4. The Bertz CT molecular complexity index is 1290. The first-order chi connectivity index (χ1) is 15.3. The van der Waals surface area contributed by atoms with Crippen molar-refractivity contribution in [1.82, 2.24) is 19.0 Å². The van der Waals surface area contributed by atoms with Gasteiger partial charge in [-0.1, -0.05) is 17.0 Å². The van der Waals surface area contributed by atoms with E-state index in [4.69, 9.17) is 9.66 Å². The highest BCUT2D eigenvalue weighted by atomic mass is 32.2. The molecule has 2 aliphatic rings. The highest BCUT2D eigenvalue weighted by Crippen LogP contribution is 2.51. The van der Waals surface area contributed by atoms with Crippen LogP contribution >= 0.6 is 0 Å². The molecule has 3 heterocycles. The van der Waals surface area contributed by atoms with Crippen molar-refractivity contribution in [3.63, 3.8) is 0 Å². The summed E-state index contributed by atoms with van der Waals surface area (Å²) >= 11 is 0. The van der Waals surface area contributed by atoms with Crippen LogP contribution in [0.5, 0.6) is 0 Å². The number of piperidine rings is 1. The quantitative estimate of drug-likeness (QED) is 0.562. The second-order valence-corrected chi connectivity index (χ2v) is 9.88. The number of hydrogen-bond acceptors (Lipinski definition) is 6. The Labute approximate surface area is 186 Å². The first-order valence-corrected chi connectivity index (χ1v) is 11.8. The van der Waals surface area contributed by atoms with Crippen molar-refractivity contribution in [3.05, 3.63) is 59.8 Å². The molecular formula is C22H23N5O4S. The van der Waals surface area contributed by atoms with Crippen molar-refractivity contribution in [1.29, 1.82) is 0 Å². The second kappa shape index (κ2) is 7.86. The van der Waals surface area contributed by atoms with Gasteiger partial charge in [0.25, 0.3) is 10.2 Å². The first-order valence-electron chi connectivity index (χ1n) is 10.3. The molecule has 3 aromatic rings. The number of nitrogens with two attached hydrogens (primary N) is 1. The zero-order chi connectivity index (χ0) is 22.5. The lowest BCUT2D eigenvalue weighted by molar-refractivity contribution is 0.184. The molecule has 5 rings (SSSR count). The Morgan fingerprint density at radius 2 is 2.00 bits per heavy atom. The van der Waals surface area contributed by atoms with E-state index in [0.29, 0.717) is 31.2 Å². The van der Waals surface area contributed by atoms with Gasteiger partial charge < -0.3 is 14.2 Å². The lowest BCUT2D eigenvalue weighted by atomic mass is 10.1. The smallest absolute Gasteiger partial charge is 0.276 e. The zero-order valence-corrected chi connectivity index (χ0v) is 18.2. The van der Waals surface area contributed by atoms with Crippen LogP contribution in [0.1, 0.15) is 30.1 Å².